The predicted octanol–water partition coefficient (Wildman–Crippen LogP) is 0.864. The Hall–Kier alpha value is 0.220. The van der Waals surface area contributed by atoms with E-state index in [4.69, 9.17) is 4.55 Å². The van der Waals surface area contributed by atoms with Crippen LogP contribution in [0.1, 0.15) is 13.3 Å². The maximum Gasteiger partial charge on any atom is 0.408 e. The first kappa shape index (κ1) is 9.22. The van der Waals surface area contributed by atoms with Crippen LogP contribution in [0.2, 0.25) is 0 Å². The van der Waals surface area contributed by atoms with Gasteiger partial charge in [-0.15, -0.1) is 0 Å². The molecule has 0 atom stereocenters. The molecule has 0 spiro atoms. The molecule has 6 heteroatoms. The van der Waals surface area contributed by atoms with Crippen LogP contribution in [-0.2, 0) is 14.0 Å². The zero-order chi connectivity index (χ0) is 7.33. The molecular weight excluding hydrogens is 164 g/mol. The minimum atomic E-state index is -4.23. The summed E-state index contributed by atoms with van der Waals surface area (Å²) < 4.78 is 31.5. The molecule has 0 aromatic heterocycles. The molecule has 0 radical (unpaired) electrons. The highest BCUT2D eigenvalue weighted by molar-refractivity contribution is 8.02. The molecule has 0 aliphatic rings. The molecule has 56 valence electrons. The predicted molar refractivity (Wildman–Crippen MR) is 35.4 cm³/mol. The van der Waals surface area contributed by atoms with E-state index in [2.05, 4.69) is 3.63 Å². The largest absolute Gasteiger partial charge is 0.408 e. The third kappa shape index (κ3) is 8.22. The molecule has 4 nitrogen and oxygen atoms in total. The van der Waals surface area contributed by atoms with Gasteiger partial charge in [-0.25, -0.2) is 0 Å². The van der Waals surface area contributed by atoms with E-state index in [1.165, 1.54) is 0 Å². The van der Waals surface area contributed by atoms with Crippen LogP contribution in [0.15, 0.2) is 0 Å². The van der Waals surface area contributed by atoms with Crippen molar-refractivity contribution >= 4 is 22.4 Å². The molecule has 0 fully saturated rings. The van der Waals surface area contributed by atoms with Gasteiger partial charge < -0.3 is 0 Å². The second-order valence-corrected chi connectivity index (χ2v) is 3.36. The minimum Gasteiger partial charge on any atom is -0.263 e. The molecule has 0 bridgehead atoms. The fourth-order valence-electron chi connectivity index (χ4n) is 0.178. The maximum atomic E-state index is 9.82. The Balaban J connectivity index is 3.30. The van der Waals surface area contributed by atoms with Crippen molar-refractivity contribution in [3.05, 3.63) is 0 Å². The van der Waals surface area contributed by atoms with E-state index in [0.29, 0.717) is 5.75 Å². The maximum absolute atomic E-state index is 9.82. The fourth-order valence-corrected chi connectivity index (χ4v) is 1.10. The molecule has 9 heavy (non-hydrogen) atoms. The summed E-state index contributed by atoms with van der Waals surface area (Å²) in [6.07, 6.45) is 0.806. The summed E-state index contributed by atoms with van der Waals surface area (Å²) in [6.45, 7) is 1.88. The molecule has 0 aromatic rings. The number of rotatable bonds is 4. The summed E-state index contributed by atoms with van der Waals surface area (Å²) in [5.41, 5.74) is 0. The highest BCUT2D eigenvalue weighted by Crippen LogP contribution is 2.06. The summed E-state index contributed by atoms with van der Waals surface area (Å²) in [7, 11) is -4.23. The van der Waals surface area contributed by atoms with Crippen LogP contribution in [0.25, 0.3) is 0 Å². The molecule has 0 heterocycles. The molecular formula is C3H8O4S2. The van der Waals surface area contributed by atoms with Crippen molar-refractivity contribution in [2.75, 3.05) is 5.75 Å². The van der Waals surface area contributed by atoms with E-state index in [1.807, 2.05) is 6.92 Å². The molecule has 0 rings (SSSR count). The second kappa shape index (κ2) is 4.10. The molecule has 0 saturated carbocycles. The number of hydrogen-bond acceptors (Lipinski definition) is 4. The average Bonchev–Trinajstić information content (AvgIpc) is 1.63. The molecule has 0 aliphatic heterocycles. The first-order valence-corrected chi connectivity index (χ1v) is 4.62. The van der Waals surface area contributed by atoms with Crippen molar-refractivity contribution < 1.29 is 16.6 Å². The Kier molecular flexibility index (Phi) is 4.20. The van der Waals surface area contributed by atoms with Gasteiger partial charge in [0, 0.05) is 17.8 Å². The first-order valence-electron chi connectivity index (χ1n) is 2.35. The summed E-state index contributed by atoms with van der Waals surface area (Å²) in [6, 6.07) is 0. The Morgan fingerprint density at radius 3 is 2.56 bits per heavy atom. The van der Waals surface area contributed by atoms with Crippen molar-refractivity contribution in [1.29, 1.82) is 0 Å². The summed E-state index contributed by atoms with van der Waals surface area (Å²) in [4.78, 5) is 0. The summed E-state index contributed by atoms with van der Waals surface area (Å²) in [5.74, 6) is 0.555. The smallest absolute Gasteiger partial charge is 0.263 e. The van der Waals surface area contributed by atoms with Crippen molar-refractivity contribution in [2.24, 2.45) is 0 Å². The Morgan fingerprint density at radius 1 is 1.67 bits per heavy atom. The Morgan fingerprint density at radius 2 is 2.22 bits per heavy atom. The van der Waals surface area contributed by atoms with Crippen LogP contribution < -0.4 is 0 Å². The SMILES string of the molecule is CCCSOS(=O)(=O)O. The number of hydrogen-bond donors (Lipinski definition) is 1. The van der Waals surface area contributed by atoms with Crippen molar-refractivity contribution in [1.82, 2.24) is 0 Å². The lowest BCUT2D eigenvalue weighted by molar-refractivity contribution is 0.407. The van der Waals surface area contributed by atoms with Gasteiger partial charge in [0.05, 0.1) is 0 Å². The zero-order valence-corrected chi connectivity index (χ0v) is 6.54. The molecule has 0 saturated heterocycles. The third-order valence-corrected chi connectivity index (χ3v) is 2.07. The van der Waals surface area contributed by atoms with Crippen LogP contribution in [-0.4, -0.2) is 18.7 Å². The Bertz CT molecular complexity index is 149. The van der Waals surface area contributed by atoms with Gasteiger partial charge in [0.2, 0.25) is 0 Å². The van der Waals surface area contributed by atoms with Crippen LogP contribution in [0.3, 0.4) is 0 Å². The van der Waals surface area contributed by atoms with Crippen LogP contribution in [0, 0.1) is 0 Å². The molecule has 1 N–H and O–H groups in total. The normalized spacial score (nSPS) is 11.8. The lowest BCUT2D eigenvalue weighted by atomic mass is 10.6. The van der Waals surface area contributed by atoms with Gasteiger partial charge in [0.25, 0.3) is 0 Å². The molecule has 0 amide bonds. The zero-order valence-electron chi connectivity index (χ0n) is 4.90. The fraction of sp³-hybridized carbons (Fsp3) is 1.00. The van der Waals surface area contributed by atoms with Crippen molar-refractivity contribution in [3.63, 3.8) is 0 Å². The highest BCUT2D eigenvalue weighted by atomic mass is 32.3. The van der Waals surface area contributed by atoms with Gasteiger partial charge in [-0.2, -0.15) is 12.0 Å². The van der Waals surface area contributed by atoms with E-state index in [9.17, 15) is 8.42 Å². The van der Waals surface area contributed by atoms with Gasteiger partial charge in [0.1, 0.15) is 0 Å². The lowest BCUT2D eigenvalue weighted by Gasteiger charge is -1.93. The second-order valence-electron chi connectivity index (χ2n) is 1.32. The Labute approximate surface area is 58.8 Å². The van der Waals surface area contributed by atoms with Crippen molar-refractivity contribution in [3.8, 4) is 0 Å². The standard InChI is InChI=1S/C3H8O4S2/c1-2-3-8-7-9(4,5)6/h2-3H2,1H3,(H,4,5,6). The monoisotopic (exact) mass is 172 g/mol. The van der Waals surface area contributed by atoms with Gasteiger partial charge in [0.15, 0.2) is 0 Å². The van der Waals surface area contributed by atoms with E-state index in [1.54, 1.807) is 0 Å². The van der Waals surface area contributed by atoms with Crippen molar-refractivity contribution in [2.45, 2.75) is 13.3 Å². The summed E-state index contributed by atoms with van der Waals surface area (Å²) >= 11 is 0.722. The van der Waals surface area contributed by atoms with Gasteiger partial charge in [-0.1, -0.05) is 6.92 Å². The lowest BCUT2D eigenvalue weighted by Crippen LogP contribution is -1.96. The molecule has 0 unspecified atom stereocenters. The van der Waals surface area contributed by atoms with E-state index < -0.39 is 10.4 Å². The van der Waals surface area contributed by atoms with Gasteiger partial charge in [-0.05, 0) is 6.42 Å². The van der Waals surface area contributed by atoms with E-state index in [0.717, 1.165) is 18.5 Å². The van der Waals surface area contributed by atoms with Crippen LogP contribution >= 0.6 is 12.0 Å². The van der Waals surface area contributed by atoms with Crippen LogP contribution in [0.5, 0.6) is 0 Å². The summed E-state index contributed by atoms with van der Waals surface area (Å²) in [5, 5.41) is 0. The van der Waals surface area contributed by atoms with E-state index >= 15 is 0 Å². The third-order valence-electron chi connectivity index (χ3n) is 0.422. The first-order chi connectivity index (χ1) is 4.06. The van der Waals surface area contributed by atoms with E-state index in [-0.39, 0.29) is 0 Å². The minimum absolute atomic E-state index is 0.555. The van der Waals surface area contributed by atoms with Gasteiger partial charge in [-0.3, -0.25) is 4.55 Å². The molecule has 0 aliphatic carbocycles. The molecule has 0 aromatic carbocycles. The van der Waals surface area contributed by atoms with Crippen LogP contribution in [0.4, 0.5) is 0 Å². The highest BCUT2D eigenvalue weighted by Gasteiger charge is 2.02. The van der Waals surface area contributed by atoms with Gasteiger partial charge >= 0.3 is 10.4 Å². The average molecular weight is 172 g/mol. The quantitative estimate of drug-likeness (QED) is 0.387. The topological polar surface area (TPSA) is 63.6 Å².